The molecule has 2 saturated heterocycles. The zero-order valence-corrected chi connectivity index (χ0v) is 17.9. The molecular formula is C18H24BrN3O5S. The minimum Gasteiger partial charge on any atom is -0.379 e. The quantitative estimate of drug-likeness (QED) is 0.659. The number of rotatable bonds is 6. The second-order valence-electron chi connectivity index (χ2n) is 6.78. The number of halogens is 1. The lowest BCUT2D eigenvalue weighted by Crippen LogP contribution is -2.48. The molecule has 3 rings (SSSR count). The molecule has 2 heterocycles. The summed E-state index contributed by atoms with van der Waals surface area (Å²) < 4.78 is 32.1. The van der Waals surface area contributed by atoms with Crippen molar-refractivity contribution in [2.75, 3.05) is 45.1 Å². The van der Waals surface area contributed by atoms with Crippen molar-refractivity contribution in [1.29, 1.82) is 0 Å². The van der Waals surface area contributed by atoms with E-state index in [1.165, 1.54) is 4.31 Å². The average molecular weight is 474 g/mol. The standard InChI is InChI=1S/C18H24BrN3O5S/c19-15-5-3-14(4-6-15)18(24)22-8-1-2-16(22)17(23)20-7-13-28(25,26)21-9-11-27-12-10-21/h3-6,16H,1-2,7-13H2,(H,20,23). The summed E-state index contributed by atoms with van der Waals surface area (Å²) in [6, 6.07) is 6.44. The van der Waals surface area contributed by atoms with Crippen LogP contribution in [0.2, 0.25) is 0 Å². The van der Waals surface area contributed by atoms with Crippen molar-refractivity contribution in [3.05, 3.63) is 34.3 Å². The van der Waals surface area contributed by atoms with Crippen LogP contribution in [-0.4, -0.2) is 80.6 Å². The van der Waals surface area contributed by atoms with Crippen molar-refractivity contribution < 1.29 is 22.7 Å². The van der Waals surface area contributed by atoms with Gasteiger partial charge in [-0.1, -0.05) is 15.9 Å². The van der Waals surface area contributed by atoms with Crippen LogP contribution >= 0.6 is 15.9 Å². The number of carbonyl (C=O) groups is 2. The number of hydrogen-bond donors (Lipinski definition) is 1. The Labute approximate surface area is 173 Å². The van der Waals surface area contributed by atoms with Crippen LogP contribution in [0.25, 0.3) is 0 Å². The summed E-state index contributed by atoms with van der Waals surface area (Å²) in [6.07, 6.45) is 1.32. The van der Waals surface area contributed by atoms with Crippen LogP contribution in [0, 0.1) is 0 Å². The molecule has 1 aromatic rings. The molecule has 154 valence electrons. The zero-order valence-electron chi connectivity index (χ0n) is 15.5. The molecule has 0 spiro atoms. The van der Waals surface area contributed by atoms with E-state index < -0.39 is 16.1 Å². The lowest BCUT2D eigenvalue weighted by molar-refractivity contribution is -0.124. The number of nitrogens with zero attached hydrogens (tertiary/aromatic N) is 2. The molecule has 28 heavy (non-hydrogen) atoms. The van der Waals surface area contributed by atoms with Gasteiger partial charge in [0, 0.05) is 36.2 Å². The van der Waals surface area contributed by atoms with Gasteiger partial charge in [0.1, 0.15) is 6.04 Å². The van der Waals surface area contributed by atoms with Crippen LogP contribution in [0.5, 0.6) is 0 Å². The van der Waals surface area contributed by atoms with Crippen molar-refractivity contribution in [2.45, 2.75) is 18.9 Å². The van der Waals surface area contributed by atoms with E-state index in [9.17, 15) is 18.0 Å². The van der Waals surface area contributed by atoms with Crippen molar-refractivity contribution in [3.63, 3.8) is 0 Å². The van der Waals surface area contributed by atoms with Gasteiger partial charge in [0.25, 0.3) is 5.91 Å². The number of morpholine rings is 1. The first-order valence-corrected chi connectivity index (χ1v) is 11.7. The number of likely N-dealkylation sites (tertiary alicyclic amines) is 1. The van der Waals surface area contributed by atoms with Gasteiger partial charge in [0.2, 0.25) is 15.9 Å². The minimum absolute atomic E-state index is 0.0232. The van der Waals surface area contributed by atoms with Gasteiger partial charge in [-0.3, -0.25) is 9.59 Å². The Kier molecular flexibility index (Phi) is 7.08. The van der Waals surface area contributed by atoms with Crippen LogP contribution in [-0.2, 0) is 19.6 Å². The van der Waals surface area contributed by atoms with Gasteiger partial charge in [0.15, 0.2) is 0 Å². The van der Waals surface area contributed by atoms with E-state index in [4.69, 9.17) is 4.74 Å². The maximum atomic E-state index is 12.7. The summed E-state index contributed by atoms with van der Waals surface area (Å²) in [7, 11) is -3.43. The first-order chi connectivity index (χ1) is 13.4. The third-order valence-corrected chi connectivity index (χ3v) is 7.33. The minimum atomic E-state index is -3.43. The maximum Gasteiger partial charge on any atom is 0.254 e. The molecule has 1 N–H and O–H groups in total. The largest absolute Gasteiger partial charge is 0.379 e. The molecule has 0 aromatic heterocycles. The van der Waals surface area contributed by atoms with E-state index in [2.05, 4.69) is 21.2 Å². The van der Waals surface area contributed by atoms with Gasteiger partial charge in [-0.25, -0.2) is 8.42 Å². The topological polar surface area (TPSA) is 96.0 Å². The van der Waals surface area contributed by atoms with E-state index in [0.717, 1.165) is 10.9 Å². The molecule has 0 aliphatic carbocycles. The van der Waals surface area contributed by atoms with Crippen LogP contribution in [0.3, 0.4) is 0 Å². The highest BCUT2D eigenvalue weighted by Crippen LogP contribution is 2.21. The van der Waals surface area contributed by atoms with Gasteiger partial charge in [0.05, 0.1) is 19.0 Å². The molecule has 1 aromatic carbocycles. The first-order valence-electron chi connectivity index (χ1n) is 9.28. The summed E-state index contributed by atoms with van der Waals surface area (Å²) in [5.74, 6) is -0.655. The molecule has 0 radical (unpaired) electrons. The van der Waals surface area contributed by atoms with Crippen LogP contribution in [0.15, 0.2) is 28.7 Å². The fourth-order valence-corrected chi connectivity index (χ4v) is 5.00. The zero-order chi connectivity index (χ0) is 20.1. The second-order valence-corrected chi connectivity index (χ2v) is 9.79. The van der Waals surface area contributed by atoms with Gasteiger partial charge in [-0.2, -0.15) is 4.31 Å². The Morgan fingerprint density at radius 2 is 1.82 bits per heavy atom. The monoisotopic (exact) mass is 473 g/mol. The Morgan fingerprint density at radius 3 is 2.50 bits per heavy atom. The summed E-state index contributed by atoms with van der Waals surface area (Å²) in [5.41, 5.74) is 0.526. The number of carbonyl (C=O) groups excluding carboxylic acids is 2. The van der Waals surface area contributed by atoms with Crippen molar-refractivity contribution in [2.24, 2.45) is 0 Å². The first kappa shape index (κ1) is 21.2. The Hall–Kier alpha value is -1.49. The predicted molar refractivity (Wildman–Crippen MR) is 107 cm³/mol. The second kappa shape index (κ2) is 9.34. The molecule has 1 unspecified atom stereocenters. The molecule has 1 atom stereocenters. The maximum absolute atomic E-state index is 12.7. The lowest BCUT2D eigenvalue weighted by Gasteiger charge is -2.26. The highest BCUT2D eigenvalue weighted by Gasteiger charge is 2.34. The normalized spacial score (nSPS) is 20.9. The smallest absolute Gasteiger partial charge is 0.254 e. The lowest BCUT2D eigenvalue weighted by atomic mass is 10.1. The van der Waals surface area contributed by atoms with Crippen LogP contribution in [0.1, 0.15) is 23.2 Å². The molecule has 2 aliphatic rings. The number of sulfonamides is 1. The number of amides is 2. The van der Waals surface area contributed by atoms with E-state index >= 15 is 0 Å². The van der Waals surface area contributed by atoms with E-state index in [-0.39, 0.29) is 24.1 Å². The molecule has 0 bridgehead atoms. The highest BCUT2D eigenvalue weighted by molar-refractivity contribution is 9.10. The molecular weight excluding hydrogens is 450 g/mol. The van der Waals surface area contributed by atoms with Crippen LogP contribution in [0.4, 0.5) is 0 Å². The van der Waals surface area contributed by atoms with Gasteiger partial charge >= 0.3 is 0 Å². The van der Waals surface area contributed by atoms with E-state index in [1.54, 1.807) is 29.2 Å². The average Bonchev–Trinajstić information content (AvgIpc) is 3.18. The Morgan fingerprint density at radius 1 is 1.14 bits per heavy atom. The van der Waals surface area contributed by atoms with E-state index in [1.807, 2.05) is 0 Å². The number of nitrogens with one attached hydrogen (secondary N) is 1. The van der Waals surface area contributed by atoms with Crippen LogP contribution < -0.4 is 5.32 Å². The molecule has 2 fully saturated rings. The third-order valence-electron chi connectivity index (χ3n) is 4.93. The van der Waals surface area contributed by atoms with Crippen molar-refractivity contribution in [3.8, 4) is 0 Å². The molecule has 0 saturated carbocycles. The van der Waals surface area contributed by atoms with Crippen molar-refractivity contribution >= 4 is 37.8 Å². The summed E-state index contributed by atoms with van der Waals surface area (Å²) in [4.78, 5) is 26.9. The summed E-state index contributed by atoms with van der Waals surface area (Å²) in [6.45, 7) is 2.00. The number of ether oxygens (including phenoxy) is 1. The summed E-state index contributed by atoms with van der Waals surface area (Å²) in [5, 5.41) is 2.69. The fraction of sp³-hybridized carbons (Fsp3) is 0.556. The highest BCUT2D eigenvalue weighted by atomic mass is 79.9. The Balaban J connectivity index is 1.54. The number of hydrogen-bond acceptors (Lipinski definition) is 5. The Bertz CT molecular complexity index is 809. The van der Waals surface area contributed by atoms with Gasteiger partial charge in [-0.05, 0) is 37.1 Å². The molecule has 2 amide bonds. The summed E-state index contributed by atoms with van der Waals surface area (Å²) >= 11 is 3.34. The van der Waals surface area contributed by atoms with Gasteiger partial charge < -0.3 is 15.0 Å². The fourth-order valence-electron chi connectivity index (χ4n) is 3.42. The van der Waals surface area contributed by atoms with Crippen molar-refractivity contribution in [1.82, 2.24) is 14.5 Å². The van der Waals surface area contributed by atoms with E-state index in [0.29, 0.717) is 44.8 Å². The SMILES string of the molecule is O=C(NCCS(=O)(=O)N1CCOCC1)C1CCCN1C(=O)c1ccc(Br)cc1. The number of benzene rings is 1. The molecule has 8 nitrogen and oxygen atoms in total. The predicted octanol–water partition coefficient (Wildman–Crippen LogP) is 0.832. The molecule has 2 aliphatic heterocycles. The molecule has 10 heteroatoms. The third kappa shape index (κ3) is 5.11. The van der Waals surface area contributed by atoms with Gasteiger partial charge in [-0.15, -0.1) is 0 Å².